The maximum Gasteiger partial charge on any atom is 0.278 e. The van der Waals surface area contributed by atoms with E-state index in [0.29, 0.717) is 28.1 Å². The highest BCUT2D eigenvalue weighted by Gasteiger charge is 2.20. The topological polar surface area (TPSA) is 125 Å². The lowest BCUT2D eigenvalue weighted by molar-refractivity contribution is 0.0827. The van der Waals surface area contributed by atoms with Crippen LogP contribution in [0.4, 0.5) is 17.3 Å². The number of hydrogen-bond acceptors (Lipinski definition) is 9. The maximum atomic E-state index is 13.3. The van der Waals surface area contributed by atoms with Gasteiger partial charge in [-0.1, -0.05) is 6.08 Å². The summed E-state index contributed by atoms with van der Waals surface area (Å²) in [5.74, 6) is 0.452. The number of carbonyl (C=O) groups excluding carboxylic acids is 1. The molecule has 0 atom stereocenters. The lowest BCUT2D eigenvalue weighted by atomic mass is 10.1. The third-order valence-corrected chi connectivity index (χ3v) is 6.94. The molecule has 12 heteroatoms. The molecule has 4 aromatic rings. The lowest BCUT2D eigenvalue weighted by Gasteiger charge is -2.35. The number of nitrogens with zero attached hydrogens (tertiary/aromatic N) is 8. The molecule has 1 aliphatic rings. The molecule has 1 saturated heterocycles. The van der Waals surface area contributed by atoms with E-state index in [2.05, 4.69) is 43.7 Å². The zero-order chi connectivity index (χ0) is 28.4. The van der Waals surface area contributed by atoms with Crippen LogP contribution in [0.2, 0.25) is 0 Å². The quantitative estimate of drug-likeness (QED) is 0.320. The fourth-order valence-corrected chi connectivity index (χ4v) is 4.81. The first kappa shape index (κ1) is 27.0. The molecule has 3 aromatic heterocycles. The Balaban J connectivity index is 1.53. The van der Waals surface area contributed by atoms with Crippen molar-refractivity contribution in [3.05, 3.63) is 76.9 Å². The summed E-state index contributed by atoms with van der Waals surface area (Å²) in [5.41, 5.74) is 2.98. The Morgan fingerprint density at radius 3 is 2.62 bits per heavy atom. The van der Waals surface area contributed by atoms with Gasteiger partial charge in [0.2, 0.25) is 5.95 Å². The first-order chi connectivity index (χ1) is 19.3. The molecule has 1 aliphatic heterocycles. The number of aliphatic hydroxyl groups excluding tert-OH is 1. The van der Waals surface area contributed by atoms with Gasteiger partial charge >= 0.3 is 0 Å². The largest absolute Gasteiger partial charge is 0.392 e. The van der Waals surface area contributed by atoms with Crippen molar-refractivity contribution in [2.75, 3.05) is 57.5 Å². The number of likely N-dealkylation sites (N-methyl/N-ethyl adjacent to an activating group) is 1. The molecule has 40 heavy (non-hydrogen) atoms. The van der Waals surface area contributed by atoms with E-state index < -0.39 is 0 Å². The van der Waals surface area contributed by atoms with Gasteiger partial charge in [0.1, 0.15) is 5.39 Å². The van der Waals surface area contributed by atoms with E-state index >= 15 is 0 Å². The zero-order valence-electron chi connectivity index (χ0n) is 22.9. The Kier molecular flexibility index (Phi) is 7.63. The standard InChI is InChI=1S/C28H33N9O3/c1-5-10-36-27(40)22-17-30-28(32-25(22)37(36)24-16-19(8-9-29-24)26(39)33(2)3)31-21-6-7-23(20(15-21)18-38)35-13-11-34(4)12-14-35/h5-9,15-17,38H,1,10-14,18H2,2-4H3,(H,30,31,32). The Morgan fingerprint density at radius 2 is 1.93 bits per heavy atom. The highest BCUT2D eigenvalue weighted by Crippen LogP contribution is 2.27. The van der Waals surface area contributed by atoms with Crippen LogP contribution < -0.4 is 15.8 Å². The van der Waals surface area contributed by atoms with E-state index in [1.165, 1.54) is 22.0 Å². The van der Waals surface area contributed by atoms with Gasteiger partial charge in [0.25, 0.3) is 11.5 Å². The third-order valence-electron chi connectivity index (χ3n) is 6.94. The van der Waals surface area contributed by atoms with Crippen LogP contribution in [-0.4, -0.2) is 92.5 Å². The zero-order valence-corrected chi connectivity index (χ0v) is 22.9. The van der Waals surface area contributed by atoms with E-state index in [-0.39, 0.29) is 30.6 Å². The molecule has 0 bridgehead atoms. The molecule has 0 spiro atoms. The normalized spacial score (nSPS) is 13.9. The number of nitrogens with one attached hydrogen (secondary N) is 1. The van der Waals surface area contributed by atoms with Gasteiger partial charge in [0, 0.05) is 75.2 Å². The molecule has 2 N–H and O–H groups in total. The molecule has 1 fully saturated rings. The summed E-state index contributed by atoms with van der Waals surface area (Å²) >= 11 is 0. The number of anilines is 3. The van der Waals surface area contributed by atoms with Gasteiger partial charge in [-0.3, -0.25) is 9.59 Å². The minimum absolute atomic E-state index is 0.102. The van der Waals surface area contributed by atoms with E-state index in [9.17, 15) is 14.7 Å². The summed E-state index contributed by atoms with van der Waals surface area (Å²) < 4.78 is 3.03. The van der Waals surface area contributed by atoms with Crippen molar-refractivity contribution in [2.24, 2.45) is 0 Å². The molecular weight excluding hydrogens is 510 g/mol. The van der Waals surface area contributed by atoms with E-state index in [0.717, 1.165) is 37.4 Å². The molecule has 4 heterocycles. The van der Waals surface area contributed by atoms with Crippen molar-refractivity contribution in [1.29, 1.82) is 0 Å². The van der Waals surface area contributed by atoms with Crippen LogP contribution in [0, 0.1) is 0 Å². The third kappa shape index (κ3) is 5.18. The molecule has 0 aliphatic carbocycles. The van der Waals surface area contributed by atoms with Crippen molar-refractivity contribution in [3.8, 4) is 5.82 Å². The summed E-state index contributed by atoms with van der Waals surface area (Å²) in [7, 11) is 5.45. The lowest BCUT2D eigenvalue weighted by Crippen LogP contribution is -2.44. The number of carbonyl (C=O) groups is 1. The van der Waals surface area contributed by atoms with E-state index in [1.54, 1.807) is 37.0 Å². The van der Waals surface area contributed by atoms with Crippen LogP contribution in [0.1, 0.15) is 15.9 Å². The van der Waals surface area contributed by atoms with Crippen molar-refractivity contribution < 1.29 is 9.90 Å². The van der Waals surface area contributed by atoms with Crippen molar-refractivity contribution in [3.63, 3.8) is 0 Å². The van der Waals surface area contributed by atoms with Crippen LogP contribution >= 0.6 is 0 Å². The molecule has 0 unspecified atom stereocenters. The first-order valence-corrected chi connectivity index (χ1v) is 13.0. The Bertz CT molecular complexity index is 1620. The van der Waals surface area contributed by atoms with Gasteiger partial charge in [-0.05, 0) is 37.4 Å². The van der Waals surface area contributed by atoms with Crippen LogP contribution in [0.5, 0.6) is 0 Å². The van der Waals surface area contributed by atoms with Gasteiger partial charge in [0.05, 0.1) is 13.2 Å². The molecule has 12 nitrogen and oxygen atoms in total. The summed E-state index contributed by atoms with van der Waals surface area (Å²) in [6.45, 7) is 7.60. The summed E-state index contributed by atoms with van der Waals surface area (Å²) in [5, 5.41) is 13.6. The number of rotatable bonds is 8. The van der Waals surface area contributed by atoms with Crippen LogP contribution in [0.3, 0.4) is 0 Å². The Hall–Kier alpha value is -4.55. The number of hydrogen-bond donors (Lipinski definition) is 2. The monoisotopic (exact) mass is 543 g/mol. The van der Waals surface area contributed by atoms with Crippen molar-refractivity contribution >= 4 is 34.3 Å². The second kappa shape index (κ2) is 11.3. The van der Waals surface area contributed by atoms with Crippen molar-refractivity contribution in [2.45, 2.75) is 13.2 Å². The molecular formula is C28H33N9O3. The number of amides is 1. The number of aromatic nitrogens is 5. The van der Waals surface area contributed by atoms with Gasteiger partial charge in [-0.2, -0.15) is 4.98 Å². The van der Waals surface area contributed by atoms with Crippen molar-refractivity contribution in [1.82, 2.24) is 34.1 Å². The van der Waals surface area contributed by atoms with Gasteiger partial charge < -0.3 is 25.1 Å². The molecule has 208 valence electrons. The maximum absolute atomic E-state index is 13.3. The highest BCUT2D eigenvalue weighted by atomic mass is 16.3. The number of fused-ring (bicyclic) bond motifs is 1. The SMILES string of the molecule is C=CCn1c(=O)c2cnc(Nc3ccc(N4CCN(C)CC4)c(CO)c3)nc2n1-c1cc(C(=O)N(C)C)ccn1. The van der Waals surface area contributed by atoms with Crippen LogP contribution in [-0.2, 0) is 13.2 Å². The van der Waals surface area contributed by atoms with Gasteiger partial charge in [-0.25, -0.2) is 19.3 Å². The molecule has 1 amide bonds. The fraction of sp³-hybridized carbons (Fsp3) is 0.321. The Labute approximate surface area is 231 Å². The first-order valence-electron chi connectivity index (χ1n) is 13.0. The van der Waals surface area contributed by atoms with Gasteiger partial charge in [-0.15, -0.1) is 6.58 Å². The minimum Gasteiger partial charge on any atom is -0.392 e. The fourth-order valence-electron chi connectivity index (χ4n) is 4.81. The summed E-state index contributed by atoms with van der Waals surface area (Å²) in [6.07, 6.45) is 4.61. The number of benzene rings is 1. The molecule has 1 aromatic carbocycles. The number of allylic oxidation sites excluding steroid dienone is 1. The average molecular weight is 544 g/mol. The van der Waals surface area contributed by atoms with E-state index in [1.807, 2.05) is 18.2 Å². The molecule has 0 radical (unpaired) electrons. The smallest absolute Gasteiger partial charge is 0.278 e. The highest BCUT2D eigenvalue weighted by molar-refractivity contribution is 5.94. The van der Waals surface area contributed by atoms with Crippen LogP contribution in [0.15, 0.2) is 60.2 Å². The Morgan fingerprint density at radius 1 is 1.15 bits per heavy atom. The number of piperazine rings is 1. The molecule has 0 saturated carbocycles. The number of pyridine rings is 1. The molecule has 5 rings (SSSR count). The summed E-state index contributed by atoms with van der Waals surface area (Å²) in [6, 6.07) is 9.05. The summed E-state index contributed by atoms with van der Waals surface area (Å²) in [4.78, 5) is 45.4. The predicted molar refractivity (Wildman–Crippen MR) is 154 cm³/mol. The second-order valence-corrected chi connectivity index (χ2v) is 9.94. The second-order valence-electron chi connectivity index (χ2n) is 9.94. The minimum atomic E-state index is -0.299. The average Bonchev–Trinajstić information content (AvgIpc) is 3.23. The number of aliphatic hydroxyl groups is 1. The van der Waals surface area contributed by atoms with E-state index in [4.69, 9.17) is 0 Å². The van der Waals surface area contributed by atoms with Crippen LogP contribution in [0.25, 0.3) is 16.9 Å². The van der Waals surface area contributed by atoms with Gasteiger partial charge in [0.15, 0.2) is 11.5 Å². The predicted octanol–water partition coefficient (Wildman–Crippen LogP) is 1.85.